The first kappa shape index (κ1) is 29.3. The average Bonchev–Trinajstić information content (AvgIpc) is 3.39. The third-order valence-electron chi connectivity index (χ3n) is 13.4. The number of methoxy groups -OCH3 is 1. The van der Waals surface area contributed by atoms with E-state index in [1.54, 1.807) is 7.11 Å². The normalized spacial score (nSPS) is 26.3. The summed E-state index contributed by atoms with van der Waals surface area (Å²) < 4.78 is 8.35. The van der Waals surface area contributed by atoms with Crippen LogP contribution < -0.4 is 4.57 Å². The van der Waals surface area contributed by atoms with Crippen molar-refractivity contribution in [2.24, 2.45) is 5.92 Å². The van der Waals surface area contributed by atoms with Crippen LogP contribution in [0.1, 0.15) is 68.0 Å². The SMILES string of the molecule is C=CC1C(O)(COC)C2(C)c3cc4cccnc4c4c3-c3c5c(cc(C(C)(C)C)cc5cc[n+]3C12C)C41c2ccccc2-c2ccccc21. The second-order valence-corrected chi connectivity index (χ2v) is 16.2. The lowest BCUT2D eigenvalue weighted by Gasteiger charge is -2.68. The van der Waals surface area contributed by atoms with Gasteiger partial charge >= 0.3 is 0 Å². The third kappa shape index (κ3) is 2.92. The molecule has 4 heteroatoms. The van der Waals surface area contributed by atoms with Crippen LogP contribution in [0.15, 0.2) is 110 Å². The van der Waals surface area contributed by atoms with Crippen LogP contribution in [0.2, 0.25) is 0 Å². The highest BCUT2D eigenvalue weighted by Crippen LogP contribution is 2.71. The van der Waals surface area contributed by atoms with Crippen LogP contribution in [0.3, 0.4) is 0 Å². The Hall–Kier alpha value is -4.64. The fourth-order valence-corrected chi connectivity index (χ4v) is 11.2. The minimum atomic E-state index is -1.18. The number of fused-ring (bicyclic) bond motifs is 12. The molecule has 0 amide bonds. The van der Waals surface area contributed by atoms with Crippen molar-refractivity contribution < 1.29 is 14.4 Å². The van der Waals surface area contributed by atoms with E-state index in [0.29, 0.717) is 0 Å². The molecule has 1 N–H and O–H groups in total. The van der Waals surface area contributed by atoms with E-state index in [2.05, 4.69) is 131 Å². The van der Waals surface area contributed by atoms with Crippen LogP contribution in [-0.2, 0) is 26.5 Å². The molecule has 6 aromatic rings. The van der Waals surface area contributed by atoms with Crippen LogP contribution in [0.5, 0.6) is 0 Å². The van der Waals surface area contributed by atoms with Crippen LogP contribution in [0.25, 0.3) is 44.1 Å². The van der Waals surface area contributed by atoms with Crippen molar-refractivity contribution in [3.63, 3.8) is 0 Å². The van der Waals surface area contributed by atoms with Crippen LogP contribution >= 0.6 is 0 Å². The molecule has 10 rings (SSSR count). The third-order valence-corrected chi connectivity index (χ3v) is 13.4. The molecule has 49 heavy (non-hydrogen) atoms. The highest BCUT2D eigenvalue weighted by atomic mass is 16.5. The summed E-state index contributed by atoms with van der Waals surface area (Å²) in [7, 11) is 1.69. The molecule has 4 aromatic carbocycles. The summed E-state index contributed by atoms with van der Waals surface area (Å²) in [6.07, 6.45) is 6.17. The maximum Gasteiger partial charge on any atom is 0.221 e. The van der Waals surface area contributed by atoms with E-state index in [1.807, 2.05) is 18.3 Å². The summed E-state index contributed by atoms with van der Waals surface area (Å²) in [5.74, 6) is -0.244. The smallest absolute Gasteiger partial charge is 0.221 e. The molecule has 3 aliphatic carbocycles. The second-order valence-electron chi connectivity index (χ2n) is 16.2. The molecular weight excluding hydrogens is 601 g/mol. The van der Waals surface area contributed by atoms with Gasteiger partial charge < -0.3 is 9.84 Å². The molecule has 2 aromatic heterocycles. The van der Waals surface area contributed by atoms with E-state index in [1.165, 1.54) is 61.0 Å². The molecule has 4 nitrogen and oxygen atoms in total. The molecule has 1 fully saturated rings. The number of pyridine rings is 2. The van der Waals surface area contributed by atoms with E-state index < -0.39 is 22.0 Å². The molecule has 0 bridgehead atoms. The van der Waals surface area contributed by atoms with E-state index in [-0.39, 0.29) is 17.9 Å². The second kappa shape index (κ2) is 8.93. The largest absolute Gasteiger partial charge is 0.385 e. The van der Waals surface area contributed by atoms with Gasteiger partial charge in [-0.2, -0.15) is 4.57 Å². The Bertz CT molecular complexity index is 2440. The van der Waals surface area contributed by atoms with Crippen LogP contribution in [0.4, 0.5) is 0 Å². The predicted octanol–water partition coefficient (Wildman–Crippen LogP) is 8.50. The van der Waals surface area contributed by atoms with E-state index >= 15 is 0 Å². The first-order valence-electron chi connectivity index (χ1n) is 17.5. The van der Waals surface area contributed by atoms with Gasteiger partial charge in [-0.3, -0.25) is 4.98 Å². The lowest BCUT2D eigenvalue weighted by molar-refractivity contribution is -0.795. The van der Waals surface area contributed by atoms with E-state index in [4.69, 9.17) is 9.72 Å². The number of hydrogen-bond acceptors (Lipinski definition) is 3. The number of aliphatic hydroxyl groups is 1. The van der Waals surface area contributed by atoms with Gasteiger partial charge in [-0.15, -0.1) is 6.58 Å². The minimum absolute atomic E-state index is 0.0713. The van der Waals surface area contributed by atoms with E-state index in [9.17, 15) is 5.11 Å². The Morgan fingerprint density at radius 3 is 2.22 bits per heavy atom. The first-order chi connectivity index (χ1) is 23.5. The van der Waals surface area contributed by atoms with Gasteiger partial charge in [0.1, 0.15) is 5.60 Å². The molecule has 242 valence electrons. The number of ether oxygens (including phenoxy) is 1. The van der Waals surface area contributed by atoms with Gasteiger partial charge in [0.2, 0.25) is 5.69 Å². The number of nitrogens with zero attached hydrogens (tertiary/aromatic N) is 2. The fourth-order valence-electron chi connectivity index (χ4n) is 11.2. The van der Waals surface area contributed by atoms with Crippen molar-refractivity contribution in [3.05, 3.63) is 143 Å². The number of rotatable bonds is 3. The Labute approximate surface area is 287 Å². The average molecular weight is 642 g/mol. The zero-order valence-corrected chi connectivity index (χ0v) is 29.1. The summed E-state index contributed by atoms with van der Waals surface area (Å²) >= 11 is 0. The number of benzene rings is 4. The van der Waals surface area contributed by atoms with Crippen molar-refractivity contribution in [1.29, 1.82) is 0 Å². The molecule has 1 spiro atoms. The predicted molar refractivity (Wildman–Crippen MR) is 196 cm³/mol. The van der Waals surface area contributed by atoms with Crippen molar-refractivity contribution in [1.82, 2.24) is 4.98 Å². The van der Waals surface area contributed by atoms with Gasteiger partial charge in [-0.25, -0.2) is 0 Å². The van der Waals surface area contributed by atoms with Crippen molar-refractivity contribution in [3.8, 4) is 22.4 Å². The van der Waals surface area contributed by atoms with Gasteiger partial charge in [-0.05, 0) is 68.8 Å². The summed E-state index contributed by atoms with van der Waals surface area (Å²) in [5, 5.41) is 16.5. The monoisotopic (exact) mass is 641 g/mol. The molecule has 1 aliphatic heterocycles. The van der Waals surface area contributed by atoms with Crippen molar-refractivity contribution >= 4 is 21.7 Å². The van der Waals surface area contributed by atoms with Gasteiger partial charge in [-0.1, -0.05) is 93.6 Å². The standard InChI is InChI=1S/C45H41N2O2/c1-8-35-43(6)42(5,44(35,48)25-49-7)33-23-27-14-13-20-46-39(27)38-37(33)40-36-26(19-21-47(40)43)22-28(41(2,3)4)24-34(36)45(38)31-17-11-9-15-29(31)30-16-10-12-18-32(30)45/h8-24,35,48H,1,25H2,2-7H3/q+1. The summed E-state index contributed by atoms with van der Waals surface area (Å²) in [5.41, 5.74) is 10.4. The van der Waals surface area contributed by atoms with Crippen molar-refractivity contribution in [2.75, 3.05) is 13.7 Å². The maximum absolute atomic E-state index is 12.9. The highest BCUT2D eigenvalue weighted by molar-refractivity contribution is 6.10. The molecule has 1 saturated carbocycles. The van der Waals surface area contributed by atoms with Gasteiger partial charge in [0.05, 0.1) is 39.8 Å². The molecule has 4 unspecified atom stereocenters. The summed E-state index contributed by atoms with van der Waals surface area (Å²) in [6, 6.07) is 31.8. The molecule has 0 saturated heterocycles. The zero-order valence-electron chi connectivity index (χ0n) is 29.1. The molecule has 4 aliphatic rings. The van der Waals surface area contributed by atoms with Gasteiger partial charge in [0.25, 0.3) is 0 Å². The first-order valence-corrected chi connectivity index (χ1v) is 17.5. The maximum atomic E-state index is 12.9. The van der Waals surface area contributed by atoms with E-state index in [0.717, 1.165) is 16.5 Å². The minimum Gasteiger partial charge on any atom is -0.385 e. The lowest BCUT2D eigenvalue weighted by atomic mass is 9.36. The lowest BCUT2D eigenvalue weighted by Crippen LogP contribution is -2.90. The molecular formula is C45H41N2O2+. The fraction of sp³-hybridized carbons (Fsp3) is 0.289. The van der Waals surface area contributed by atoms with Gasteiger partial charge in [0, 0.05) is 37.2 Å². The number of aromatic nitrogens is 2. The highest BCUT2D eigenvalue weighted by Gasteiger charge is 2.83. The Morgan fingerprint density at radius 1 is 0.878 bits per heavy atom. The zero-order chi connectivity index (χ0) is 33.9. The van der Waals surface area contributed by atoms with Crippen LogP contribution in [0, 0.1) is 5.92 Å². The number of hydrogen-bond donors (Lipinski definition) is 1. The Kier molecular flexibility index (Phi) is 5.34. The molecule has 0 radical (unpaired) electrons. The summed E-state index contributed by atoms with van der Waals surface area (Å²) in [6.45, 7) is 16.0. The Morgan fingerprint density at radius 2 is 1.57 bits per heavy atom. The Balaban J connectivity index is 1.53. The van der Waals surface area contributed by atoms with Crippen LogP contribution in [-0.4, -0.2) is 29.4 Å². The van der Waals surface area contributed by atoms with Gasteiger partial charge in [0.15, 0.2) is 11.7 Å². The topological polar surface area (TPSA) is 46.2 Å². The van der Waals surface area contributed by atoms with Crippen molar-refractivity contribution in [2.45, 2.75) is 62.0 Å². The molecule has 3 heterocycles. The molecule has 4 atom stereocenters. The quantitative estimate of drug-likeness (QED) is 0.156. The summed E-state index contributed by atoms with van der Waals surface area (Å²) in [4.78, 5) is 5.26.